The van der Waals surface area contributed by atoms with Gasteiger partial charge in [-0.05, 0) is 23.3 Å². The van der Waals surface area contributed by atoms with E-state index in [9.17, 15) is 4.79 Å². The number of unbranched alkanes of at least 4 members (excludes halogenated alkanes) is 2. The number of carbonyl (C=O) groups is 1. The van der Waals surface area contributed by atoms with Crippen LogP contribution < -0.4 is 5.32 Å². The van der Waals surface area contributed by atoms with Crippen molar-refractivity contribution in [3.63, 3.8) is 0 Å². The van der Waals surface area contributed by atoms with E-state index in [0.717, 1.165) is 13.0 Å². The molecule has 0 radical (unpaired) electrons. The third kappa shape index (κ3) is 4.08. The molecule has 2 N–H and O–H groups in total. The molecule has 0 bridgehead atoms. The molecule has 0 unspecified atom stereocenters. The normalized spacial score (nSPS) is 10.1. The second-order valence-electron chi connectivity index (χ2n) is 2.98. The molecule has 0 saturated carbocycles. The first kappa shape index (κ1) is 11.5. The van der Waals surface area contributed by atoms with Crippen molar-refractivity contribution in [3.8, 4) is 0 Å². The van der Waals surface area contributed by atoms with Gasteiger partial charge in [-0.3, -0.25) is 9.89 Å². The van der Waals surface area contributed by atoms with Gasteiger partial charge in [0, 0.05) is 12.7 Å². The van der Waals surface area contributed by atoms with Crippen LogP contribution in [0.2, 0.25) is 0 Å². The van der Waals surface area contributed by atoms with E-state index in [2.05, 4.69) is 38.1 Å². The summed E-state index contributed by atoms with van der Waals surface area (Å²) in [6, 6.07) is 1.67. The Morgan fingerprint density at radius 2 is 2.36 bits per heavy atom. The summed E-state index contributed by atoms with van der Waals surface area (Å²) in [5.41, 5.74) is 0.527. The molecular formula is C9H14IN3O. The molecule has 0 aromatic carbocycles. The number of H-pyrrole nitrogens is 1. The van der Waals surface area contributed by atoms with E-state index in [4.69, 9.17) is 0 Å². The Morgan fingerprint density at radius 1 is 1.50 bits per heavy atom. The first-order chi connectivity index (χ1) is 6.84. The summed E-state index contributed by atoms with van der Waals surface area (Å²) >= 11 is 2.36. The van der Waals surface area contributed by atoms with Crippen molar-refractivity contribution >= 4 is 28.5 Å². The van der Waals surface area contributed by atoms with Gasteiger partial charge < -0.3 is 5.32 Å². The van der Waals surface area contributed by atoms with Crippen molar-refractivity contribution in [2.45, 2.75) is 19.3 Å². The number of aromatic amines is 1. The van der Waals surface area contributed by atoms with Gasteiger partial charge in [-0.25, -0.2) is 0 Å². The largest absolute Gasteiger partial charge is 0.351 e. The molecule has 0 aliphatic heterocycles. The van der Waals surface area contributed by atoms with E-state index in [1.165, 1.54) is 17.3 Å². The minimum atomic E-state index is -0.0722. The van der Waals surface area contributed by atoms with Crippen LogP contribution in [0.1, 0.15) is 29.8 Å². The maximum atomic E-state index is 11.4. The van der Waals surface area contributed by atoms with Crippen molar-refractivity contribution < 1.29 is 4.79 Å². The molecule has 0 spiro atoms. The number of alkyl halides is 1. The van der Waals surface area contributed by atoms with Gasteiger partial charge in [-0.15, -0.1) is 0 Å². The smallest absolute Gasteiger partial charge is 0.269 e. The maximum absolute atomic E-state index is 11.4. The average Bonchev–Trinajstić information content (AvgIpc) is 2.70. The molecule has 78 valence electrons. The number of hydrogen-bond donors (Lipinski definition) is 2. The zero-order chi connectivity index (χ0) is 10.2. The highest BCUT2D eigenvalue weighted by molar-refractivity contribution is 14.1. The highest BCUT2D eigenvalue weighted by Gasteiger charge is 2.04. The molecule has 1 aromatic rings. The number of halogens is 1. The molecular weight excluding hydrogens is 293 g/mol. The summed E-state index contributed by atoms with van der Waals surface area (Å²) in [4.78, 5) is 11.4. The summed E-state index contributed by atoms with van der Waals surface area (Å²) in [6.45, 7) is 0.745. The Labute approximate surface area is 97.0 Å². The molecule has 14 heavy (non-hydrogen) atoms. The van der Waals surface area contributed by atoms with Gasteiger partial charge in [0.25, 0.3) is 5.91 Å². The number of hydrogen-bond acceptors (Lipinski definition) is 2. The van der Waals surface area contributed by atoms with Crippen molar-refractivity contribution in [1.82, 2.24) is 15.5 Å². The molecule has 4 nitrogen and oxygen atoms in total. The second-order valence-corrected chi connectivity index (χ2v) is 4.05. The number of carbonyl (C=O) groups excluding carboxylic acids is 1. The number of nitrogens with one attached hydrogen (secondary N) is 2. The molecule has 5 heteroatoms. The highest BCUT2D eigenvalue weighted by atomic mass is 127. The van der Waals surface area contributed by atoms with Crippen LogP contribution in [-0.2, 0) is 0 Å². The van der Waals surface area contributed by atoms with Crippen molar-refractivity contribution in [1.29, 1.82) is 0 Å². The zero-order valence-corrected chi connectivity index (χ0v) is 10.1. The summed E-state index contributed by atoms with van der Waals surface area (Å²) in [6.07, 6.45) is 5.01. The zero-order valence-electron chi connectivity index (χ0n) is 7.92. The molecule has 0 aliphatic rings. The monoisotopic (exact) mass is 307 g/mol. The van der Waals surface area contributed by atoms with Crippen LogP contribution >= 0.6 is 22.6 Å². The van der Waals surface area contributed by atoms with Gasteiger partial charge in [0.05, 0.1) is 0 Å². The van der Waals surface area contributed by atoms with E-state index in [1.807, 2.05) is 0 Å². The van der Waals surface area contributed by atoms with Crippen LogP contribution in [0, 0.1) is 0 Å². The van der Waals surface area contributed by atoms with Gasteiger partial charge in [0.2, 0.25) is 0 Å². The van der Waals surface area contributed by atoms with Crippen molar-refractivity contribution in [2.75, 3.05) is 11.0 Å². The third-order valence-electron chi connectivity index (χ3n) is 1.84. The van der Waals surface area contributed by atoms with Gasteiger partial charge in [-0.2, -0.15) is 5.10 Å². The minimum absolute atomic E-state index is 0.0722. The quantitative estimate of drug-likeness (QED) is 0.478. The summed E-state index contributed by atoms with van der Waals surface area (Å²) in [5.74, 6) is -0.0722. The predicted molar refractivity (Wildman–Crippen MR) is 63.7 cm³/mol. The van der Waals surface area contributed by atoms with E-state index in [0.29, 0.717) is 5.69 Å². The second kappa shape index (κ2) is 6.80. The summed E-state index contributed by atoms with van der Waals surface area (Å²) in [5, 5.41) is 9.17. The van der Waals surface area contributed by atoms with Crippen LogP contribution in [0.3, 0.4) is 0 Å². The standard InChI is InChI=1S/C9H14IN3O/c10-5-2-1-3-6-11-9(14)8-4-7-12-13-8/h4,7H,1-3,5-6H2,(H,11,14)(H,12,13). The van der Waals surface area contributed by atoms with Crippen LogP contribution in [0.25, 0.3) is 0 Å². The number of nitrogens with zero attached hydrogens (tertiary/aromatic N) is 1. The van der Waals surface area contributed by atoms with Gasteiger partial charge in [0.1, 0.15) is 5.69 Å². The lowest BCUT2D eigenvalue weighted by molar-refractivity contribution is 0.0948. The summed E-state index contributed by atoms with van der Waals surface area (Å²) in [7, 11) is 0. The molecule has 1 aromatic heterocycles. The fraction of sp³-hybridized carbons (Fsp3) is 0.556. The van der Waals surface area contributed by atoms with E-state index >= 15 is 0 Å². The average molecular weight is 307 g/mol. The Kier molecular flexibility index (Phi) is 5.58. The first-order valence-corrected chi connectivity index (χ1v) is 6.20. The third-order valence-corrected chi connectivity index (χ3v) is 2.60. The van der Waals surface area contributed by atoms with Crippen LogP contribution in [0.15, 0.2) is 12.3 Å². The SMILES string of the molecule is O=C(NCCCCCI)c1ccn[nH]1. The first-order valence-electron chi connectivity index (χ1n) is 4.68. The number of amides is 1. The van der Waals surface area contributed by atoms with E-state index in [1.54, 1.807) is 12.3 Å². The Hall–Kier alpha value is -0.590. The van der Waals surface area contributed by atoms with Crippen LogP contribution in [-0.4, -0.2) is 27.1 Å². The van der Waals surface area contributed by atoms with Crippen molar-refractivity contribution in [2.24, 2.45) is 0 Å². The van der Waals surface area contributed by atoms with E-state index in [-0.39, 0.29) is 5.91 Å². The lowest BCUT2D eigenvalue weighted by atomic mass is 10.2. The minimum Gasteiger partial charge on any atom is -0.351 e. The van der Waals surface area contributed by atoms with Gasteiger partial charge in [0.15, 0.2) is 0 Å². The fourth-order valence-electron chi connectivity index (χ4n) is 1.08. The molecule has 1 amide bonds. The molecule has 0 aliphatic carbocycles. The van der Waals surface area contributed by atoms with Crippen LogP contribution in [0.5, 0.6) is 0 Å². The molecule has 0 fully saturated rings. The van der Waals surface area contributed by atoms with Crippen molar-refractivity contribution in [3.05, 3.63) is 18.0 Å². The topological polar surface area (TPSA) is 57.8 Å². The lowest BCUT2D eigenvalue weighted by Gasteiger charge is -2.02. The Bertz CT molecular complexity index is 261. The number of aromatic nitrogens is 2. The van der Waals surface area contributed by atoms with Crippen LogP contribution in [0.4, 0.5) is 0 Å². The Balaban J connectivity index is 2.10. The predicted octanol–water partition coefficient (Wildman–Crippen LogP) is 1.74. The van der Waals surface area contributed by atoms with Gasteiger partial charge in [-0.1, -0.05) is 29.0 Å². The molecule has 1 heterocycles. The van der Waals surface area contributed by atoms with Gasteiger partial charge >= 0.3 is 0 Å². The molecule has 0 saturated heterocycles. The highest BCUT2D eigenvalue weighted by Crippen LogP contribution is 1.98. The Morgan fingerprint density at radius 3 is 3.00 bits per heavy atom. The number of rotatable bonds is 6. The summed E-state index contributed by atoms with van der Waals surface area (Å²) < 4.78 is 1.19. The van der Waals surface area contributed by atoms with E-state index < -0.39 is 0 Å². The molecule has 1 rings (SSSR count). The molecule has 0 atom stereocenters. The maximum Gasteiger partial charge on any atom is 0.269 e. The lowest BCUT2D eigenvalue weighted by Crippen LogP contribution is -2.24. The fourth-order valence-corrected chi connectivity index (χ4v) is 1.62.